The summed E-state index contributed by atoms with van der Waals surface area (Å²) >= 11 is 1.14. The Morgan fingerprint density at radius 2 is 2.16 bits per heavy atom. The first kappa shape index (κ1) is 14.0. The van der Waals surface area contributed by atoms with Gasteiger partial charge in [-0.3, -0.25) is 4.72 Å². The summed E-state index contributed by atoms with van der Waals surface area (Å²) in [5, 5.41) is 0.713. The van der Waals surface area contributed by atoms with Gasteiger partial charge in [0.2, 0.25) is 0 Å². The van der Waals surface area contributed by atoms with E-state index in [1.807, 2.05) is 13.0 Å². The number of nitrogens with one attached hydrogen (secondary N) is 1. The lowest BCUT2D eigenvalue weighted by molar-refractivity contribution is 0.603. The Balaban J connectivity index is 2.28. The lowest BCUT2D eigenvalue weighted by Crippen LogP contribution is -2.12. The van der Waals surface area contributed by atoms with Crippen LogP contribution >= 0.6 is 11.3 Å². The number of aromatic nitrogens is 1. The van der Waals surface area contributed by atoms with E-state index in [4.69, 9.17) is 5.73 Å². The Hall–Kier alpha value is -1.44. The van der Waals surface area contributed by atoms with Crippen LogP contribution in [0.3, 0.4) is 0 Å². The number of nitrogens with zero attached hydrogens (tertiary/aromatic N) is 1. The molecule has 0 aliphatic heterocycles. The predicted molar refractivity (Wildman–Crippen MR) is 76.7 cm³/mol. The largest absolute Gasteiger partial charge is 0.324 e. The summed E-state index contributed by atoms with van der Waals surface area (Å²) in [6.45, 7) is 3.61. The van der Waals surface area contributed by atoms with Crippen molar-refractivity contribution < 1.29 is 8.42 Å². The first-order chi connectivity index (χ1) is 8.88. The van der Waals surface area contributed by atoms with Gasteiger partial charge in [-0.25, -0.2) is 13.4 Å². The quantitative estimate of drug-likeness (QED) is 0.906. The molecule has 0 aliphatic rings. The number of nitrogens with two attached hydrogens (primary N) is 1. The van der Waals surface area contributed by atoms with Crippen molar-refractivity contribution in [1.29, 1.82) is 0 Å². The van der Waals surface area contributed by atoms with Gasteiger partial charge in [0, 0.05) is 11.7 Å². The normalized spacial score (nSPS) is 13.2. The molecule has 0 fully saturated rings. The molecule has 7 heteroatoms. The fourth-order valence-electron chi connectivity index (χ4n) is 1.56. The zero-order valence-electron chi connectivity index (χ0n) is 10.6. The summed E-state index contributed by atoms with van der Waals surface area (Å²) in [5.74, 6) is 0. The molecule has 0 aliphatic carbocycles. The number of hydrogen-bond acceptors (Lipinski definition) is 5. The van der Waals surface area contributed by atoms with Gasteiger partial charge in [-0.15, -0.1) is 11.3 Å². The van der Waals surface area contributed by atoms with E-state index < -0.39 is 10.0 Å². The second-order valence-corrected chi connectivity index (χ2v) is 7.36. The third-order valence-electron chi connectivity index (χ3n) is 2.53. The Morgan fingerprint density at radius 1 is 1.42 bits per heavy atom. The van der Waals surface area contributed by atoms with E-state index in [-0.39, 0.29) is 10.3 Å². The minimum atomic E-state index is -3.57. The van der Waals surface area contributed by atoms with Crippen LogP contribution < -0.4 is 10.5 Å². The molecule has 0 saturated carbocycles. The van der Waals surface area contributed by atoms with Crippen LogP contribution in [0.2, 0.25) is 0 Å². The number of aryl methyl sites for hydroxylation is 1. The smallest absolute Gasteiger partial charge is 0.273 e. The molecule has 19 heavy (non-hydrogen) atoms. The molecule has 1 unspecified atom stereocenters. The molecule has 0 bridgehead atoms. The second-order valence-electron chi connectivity index (χ2n) is 4.22. The fourth-order valence-corrected chi connectivity index (χ4v) is 3.71. The van der Waals surface area contributed by atoms with Gasteiger partial charge in [0.05, 0.1) is 11.2 Å². The van der Waals surface area contributed by atoms with E-state index in [0.29, 0.717) is 10.7 Å². The molecule has 1 heterocycles. The van der Waals surface area contributed by atoms with Crippen LogP contribution in [0.1, 0.15) is 23.5 Å². The zero-order chi connectivity index (χ0) is 14.0. The molecule has 0 saturated heterocycles. The number of anilines is 1. The first-order valence-corrected chi connectivity index (χ1v) is 7.99. The van der Waals surface area contributed by atoms with Gasteiger partial charge >= 0.3 is 0 Å². The van der Waals surface area contributed by atoms with E-state index in [1.54, 1.807) is 25.1 Å². The van der Waals surface area contributed by atoms with Gasteiger partial charge in [-0.1, -0.05) is 12.1 Å². The molecule has 1 atom stereocenters. The van der Waals surface area contributed by atoms with Crippen LogP contribution in [0.5, 0.6) is 0 Å². The summed E-state index contributed by atoms with van der Waals surface area (Å²) < 4.78 is 27.0. The molecular formula is C12H15N3O2S2. The van der Waals surface area contributed by atoms with Gasteiger partial charge in [0.15, 0.2) is 4.21 Å². The summed E-state index contributed by atoms with van der Waals surface area (Å²) in [5.41, 5.74) is 7.15. The van der Waals surface area contributed by atoms with Crippen molar-refractivity contribution in [2.45, 2.75) is 24.1 Å². The van der Waals surface area contributed by atoms with E-state index in [2.05, 4.69) is 9.71 Å². The van der Waals surface area contributed by atoms with Crippen LogP contribution in [0.4, 0.5) is 5.69 Å². The molecular weight excluding hydrogens is 282 g/mol. The van der Waals surface area contributed by atoms with Crippen LogP contribution in [0, 0.1) is 6.92 Å². The monoisotopic (exact) mass is 297 g/mol. The Labute approximate surface area is 116 Å². The van der Waals surface area contributed by atoms with Crippen molar-refractivity contribution in [3.63, 3.8) is 0 Å². The molecule has 0 radical (unpaired) electrons. The molecule has 1 aromatic heterocycles. The van der Waals surface area contributed by atoms with Crippen molar-refractivity contribution in [3.05, 3.63) is 41.0 Å². The number of rotatable bonds is 4. The average molecular weight is 297 g/mol. The van der Waals surface area contributed by atoms with E-state index >= 15 is 0 Å². The first-order valence-electron chi connectivity index (χ1n) is 5.69. The number of benzene rings is 1. The second kappa shape index (κ2) is 5.28. The highest BCUT2D eigenvalue weighted by atomic mass is 32.2. The summed E-state index contributed by atoms with van der Waals surface area (Å²) in [4.78, 5) is 3.95. The molecule has 5 nitrogen and oxygen atoms in total. The summed E-state index contributed by atoms with van der Waals surface area (Å²) in [6.07, 6.45) is 1.36. The van der Waals surface area contributed by atoms with E-state index in [9.17, 15) is 8.42 Å². The summed E-state index contributed by atoms with van der Waals surface area (Å²) in [7, 11) is -3.57. The Kier molecular flexibility index (Phi) is 3.88. The number of hydrogen-bond donors (Lipinski definition) is 2. The van der Waals surface area contributed by atoms with Crippen molar-refractivity contribution in [1.82, 2.24) is 4.98 Å². The lowest BCUT2D eigenvalue weighted by Gasteiger charge is -2.09. The topological polar surface area (TPSA) is 85.1 Å². The van der Waals surface area contributed by atoms with Crippen LogP contribution in [-0.4, -0.2) is 13.4 Å². The third-order valence-corrected chi connectivity index (χ3v) is 5.28. The molecule has 3 N–H and O–H groups in total. The van der Waals surface area contributed by atoms with Crippen molar-refractivity contribution >= 4 is 27.0 Å². The predicted octanol–water partition coefficient (Wildman–Crippen LogP) is 2.27. The minimum absolute atomic E-state index is 0.143. The SMILES string of the molecule is Cc1ncc(S(=O)(=O)Nc2cccc(C(C)N)c2)s1. The Morgan fingerprint density at radius 3 is 2.74 bits per heavy atom. The number of thiazole rings is 1. The highest BCUT2D eigenvalue weighted by Gasteiger charge is 2.17. The van der Waals surface area contributed by atoms with Gasteiger partial charge < -0.3 is 5.73 Å². The van der Waals surface area contributed by atoms with Crippen molar-refractivity contribution in [2.75, 3.05) is 4.72 Å². The van der Waals surface area contributed by atoms with Crippen LogP contribution in [-0.2, 0) is 10.0 Å². The fraction of sp³-hybridized carbons (Fsp3) is 0.250. The molecule has 1 aromatic carbocycles. The van der Waals surface area contributed by atoms with Gasteiger partial charge in [-0.05, 0) is 31.5 Å². The zero-order valence-corrected chi connectivity index (χ0v) is 12.3. The molecule has 102 valence electrons. The third kappa shape index (κ3) is 3.31. The highest BCUT2D eigenvalue weighted by Crippen LogP contribution is 2.22. The molecule has 2 rings (SSSR count). The number of sulfonamides is 1. The van der Waals surface area contributed by atoms with E-state index in [0.717, 1.165) is 16.9 Å². The summed E-state index contributed by atoms with van der Waals surface area (Å²) in [6, 6.07) is 6.91. The molecule has 0 spiro atoms. The average Bonchev–Trinajstić information content (AvgIpc) is 2.76. The molecule has 2 aromatic rings. The van der Waals surface area contributed by atoms with E-state index in [1.165, 1.54) is 6.20 Å². The van der Waals surface area contributed by atoms with Gasteiger partial charge in [-0.2, -0.15) is 0 Å². The maximum absolute atomic E-state index is 12.1. The van der Waals surface area contributed by atoms with Crippen molar-refractivity contribution in [3.8, 4) is 0 Å². The minimum Gasteiger partial charge on any atom is -0.324 e. The maximum Gasteiger partial charge on any atom is 0.273 e. The molecule has 0 amide bonds. The highest BCUT2D eigenvalue weighted by molar-refractivity contribution is 7.94. The van der Waals surface area contributed by atoms with Crippen LogP contribution in [0.25, 0.3) is 0 Å². The van der Waals surface area contributed by atoms with Crippen LogP contribution in [0.15, 0.2) is 34.7 Å². The maximum atomic E-state index is 12.1. The van der Waals surface area contributed by atoms with Crippen molar-refractivity contribution in [2.24, 2.45) is 5.73 Å². The standard InChI is InChI=1S/C12H15N3O2S2/c1-8(13)10-4-3-5-11(6-10)15-19(16,17)12-7-14-9(2)18-12/h3-8,15H,13H2,1-2H3. The van der Waals surface area contributed by atoms with Gasteiger partial charge in [0.25, 0.3) is 10.0 Å². The lowest BCUT2D eigenvalue weighted by atomic mass is 10.1. The van der Waals surface area contributed by atoms with Gasteiger partial charge in [0.1, 0.15) is 0 Å². The Bertz CT molecular complexity index is 678.